The summed E-state index contributed by atoms with van der Waals surface area (Å²) in [7, 11) is 0. The molecule has 0 spiro atoms. The molecule has 0 radical (unpaired) electrons. The average molecular weight is 565 g/mol. The topological polar surface area (TPSA) is 95.6 Å². The van der Waals surface area contributed by atoms with E-state index >= 15 is 0 Å². The second kappa shape index (κ2) is 13.4. The van der Waals surface area contributed by atoms with E-state index < -0.39 is 0 Å². The lowest BCUT2D eigenvalue weighted by Crippen LogP contribution is -2.42. The molecule has 1 amide bonds. The Morgan fingerprint density at radius 3 is 2.73 bits per heavy atom. The van der Waals surface area contributed by atoms with Crippen molar-refractivity contribution < 1.29 is 4.79 Å². The summed E-state index contributed by atoms with van der Waals surface area (Å²) in [5.74, 6) is 1.70. The molecule has 180 valence electrons. The number of aliphatic imine (C=N–C) groups is 1. The van der Waals surface area contributed by atoms with Crippen LogP contribution in [0.25, 0.3) is 0 Å². The van der Waals surface area contributed by atoms with Crippen molar-refractivity contribution in [2.75, 3.05) is 31.1 Å². The first kappa shape index (κ1) is 26.9. The summed E-state index contributed by atoms with van der Waals surface area (Å²) in [5, 5.41) is 6.80. The van der Waals surface area contributed by atoms with Gasteiger partial charge in [0, 0.05) is 37.9 Å². The van der Waals surface area contributed by atoms with E-state index in [4.69, 9.17) is 10.7 Å². The molecule has 0 bridgehead atoms. The van der Waals surface area contributed by atoms with Gasteiger partial charge in [-0.25, -0.2) is 9.98 Å². The van der Waals surface area contributed by atoms with Crippen LogP contribution >= 0.6 is 24.0 Å². The van der Waals surface area contributed by atoms with Gasteiger partial charge in [0.25, 0.3) is 0 Å². The first-order valence-corrected chi connectivity index (χ1v) is 11.5. The van der Waals surface area contributed by atoms with Crippen LogP contribution in [0.3, 0.4) is 0 Å². The Hall–Kier alpha value is -2.36. The van der Waals surface area contributed by atoms with Crippen LogP contribution in [0, 0.1) is 12.8 Å². The fourth-order valence-electron chi connectivity index (χ4n) is 4.01. The summed E-state index contributed by atoms with van der Waals surface area (Å²) in [6.07, 6.45) is 3.58. The summed E-state index contributed by atoms with van der Waals surface area (Å²) < 4.78 is 0. The van der Waals surface area contributed by atoms with E-state index in [2.05, 4.69) is 71.6 Å². The van der Waals surface area contributed by atoms with Crippen molar-refractivity contribution in [2.24, 2.45) is 16.6 Å². The highest BCUT2D eigenvalue weighted by Crippen LogP contribution is 2.25. The van der Waals surface area contributed by atoms with Crippen LogP contribution in [0.2, 0.25) is 0 Å². The van der Waals surface area contributed by atoms with Gasteiger partial charge in [0.2, 0.25) is 5.91 Å². The molecule has 1 aliphatic heterocycles. The average Bonchev–Trinajstić information content (AvgIpc) is 2.81. The number of rotatable bonds is 8. The Labute approximate surface area is 214 Å². The molecule has 1 aromatic carbocycles. The van der Waals surface area contributed by atoms with Crippen LogP contribution in [0.4, 0.5) is 5.82 Å². The largest absolute Gasteiger partial charge is 0.369 e. The predicted octanol–water partition coefficient (Wildman–Crippen LogP) is 3.57. The molecule has 8 heteroatoms. The number of amides is 1. The fraction of sp³-hybridized carbons (Fsp3) is 0.480. The number of piperidine rings is 1. The second-order valence-corrected chi connectivity index (χ2v) is 8.56. The van der Waals surface area contributed by atoms with Gasteiger partial charge >= 0.3 is 0 Å². The quantitative estimate of drug-likeness (QED) is 0.259. The van der Waals surface area contributed by atoms with E-state index in [0.29, 0.717) is 19.0 Å². The Bertz CT molecular complexity index is 917. The number of benzene rings is 1. The van der Waals surface area contributed by atoms with Crippen molar-refractivity contribution in [3.05, 3.63) is 59.3 Å². The molecular formula is C25H37IN6O. The highest BCUT2D eigenvalue weighted by atomic mass is 127. The predicted molar refractivity (Wildman–Crippen MR) is 146 cm³/mol. The van der Waals surface area contributed by atoms with E-state index in [1.54, 1.807) is 6.20 Å². The number of hydrogen-bond donors (Lipinski definition) is 3. The minimum Gasteiger partial charge on any atom is -0.369 e. The number of halogens is 1. The number of aryl methyl sites for hydroxylation is 1. The number of carbonyl (C=O) groups excluding carboxylic acids is 1. The van der Waals surface area contributed by atoms with Gasteiger partial charge in [0.05, 0.1) is 12.5 Å². The minimum absolute atomic E-state index is 0. The van der Waals surface area contributed by atoms with Crippen LogP contribution in [0.1, 0.15) is 49.3 Å². The van der Waals surface area contributed by atoms with Crippen LogP contribution in [0.5, 0.6) is 0 Å². The standard InChI is InChI=1S/C25H36N6O.HI/c1-4-27-25(29-15-19(3)20-11-9-18(2)10-12-20)30-16-21-7-5-13-28-24(21)31-14-6-8-22(17-31)23(26)32;/h5,7,9-13,19,22H,4,6,8,14-17H2,1-3H3,(H2,26,32)(H2,27,29,30);1H. The molecule has 33 heavy (non-hydrogen) atoms. The number of carbonyl (C=O) groups is 1. The van der Waals surface area contributed by atoms with Crippen LogP contribution in [0.15, 0.2) is 47.6 Å². The monoisotopic (exact) mass is 564 g/mol. The molecular weight excluding hydrogens is 527 g/mol. The van der Waals surface area contributed by atoms with E-state index in [9.17, 15) is 4.79 Å². The van der Waals surface area contributed by atoms with E-state index in [1.807, 2.05) is 6.07 Å². The van der Waals surface area contributed by atoms with E-state index in [1.165, 1.54) is 11.1 Å². The molecule has 1 saturated heterocycles. The maximum atomic E-state index is 11.7. The molecule has 0 saturated carbocycles. The van der Waals surface area contributed by atoms with Gasteiger partial charge < -0.3 is 21.3 Å². The zero-order valence-corrected chi connectivity index (χ0v) is 22.2. The van der Waals surface area contributed by atoms with Gasteiger partial charge in [-0.15, -0.1) is 24.0 Å². The number of aromatic nitrogens is 1. The first-order chi connectivity index (χ1) is 15.5. The van der Waals surface area contributed by atoms with Crippen LogP contribution < -0.4 is 21.3 Å². The summed E-state index contributed by atoms with van der Waals surface area (Å²) in [5.41, 5.74) is 9.18. The van der Waals surface area contributed by atoms with Gasteiger partial charge in [-0.1, -0.05) is 42.8 Å². The first-order valence-electron chi connectivity index (χ1n) is 11.5. The molecule has 2 heterocycles. The molecule has 1 aliphatic rings. The van der Waals surface area contributed by atoms with Gasteiger partial charge in [0.1, 0.15) is 5.82 Å². The zero-order valence-electron chi connectivity index (χ0n) is 19.9. The van der Waals surface area contributed by atoms with Crippen molar-refractivity contribution in [1.82, 2.24) is 15.6 Å². The highest BCUT2D eigenvalue weighted by Gasteiger charge is 2.25. The molecule has 1 fully saturated rings. The number of guanidine groups is 1. The van der Waals surface area contributed by atoms with Gasteiger partial charge in [-0.2, -0.15) is 0 Å². The van der Waals surface area contributed by atoms with Crippen molar-refractivity contribution in [1.29, 1.82) is 0 Å². The third-order valence-corrected chi connectivity index (χ3v) is 5.96. The molecule has 4 N–H and O–H groups in total. The van der Waals surface area contributed by atoms with Gasteiger partial charge in [-0.05, 0) is 44.2 Å². The molecule has 2 atom stereocenters. The number of primary amides is 1. The Balaban J connectivity index is 0.00000385. The highest BCUT2D eigenvalue weighted by molar-refractivity contribution is 14.0. The summed E-state index contributed by atoms with van der Waals surface area (Å²) in [6, 6.07) is 12.7. The molecule has 3 rings (SSSR count). The number of nitrogens with two attached hydrogens (primary N) is 1. The molecule has 2 unspecified atom stereocenters. The lowest BCUT2D eigenvalue weighted by Gasteiger charge is -2.33. The normalized spacial score (nSPS) is 17.1. The number of nitrogens with one attached hydrogen (secondary N) is 2. The van der Waals surface area contributed by atoms with Crippen LogP contribution in [-0.4, -0.2) is 43.0 Å². The summed E-state index contributed by atoms with van der Waals surface area (Å²) in [6.45, 7) is 9.97. The summed E-state index contributed by atoms with van der Waals surface area (Å²) in [4.78, 5) is 23.3. The molecule has 1 aromatic heterocycles. The Morgan fingerprint density at radius 1 is 1.27 bits per heavy atom. The molecule has 7 nitrogen and oxygen atoms in total. The number of nitrogens with zero attached hydrogens (tertiary/aromatic N) is 3. The van der Waals surface area contributed by atoms with Crippen LogP contribution in [-0.2, 0) is 11.3 Å². The third kappa shape index (κ3) is 7.87. The van der Waals surface area contributed by atoms with Gasteiger partial charge in [0.15, 0.2) is 5.96 Å². The smallest absolute Gasteiger partial charge is 0.222 e. The maximum Gasteiger partial charge on any atom is 0.222 e. The van der Waals surface area contributed by atoms with Gasteiger partial charge in [-0.3, -0.25) is 4.79 Å². The van der Waals surface area contributed by atoms with Crippen molar-refractivity contribution in [3.8, 4) is 0 Å². The number of hydrogen-bond acceptors (Lipinski definition) is 4. The van der Waals surface area contributed by atoms with Crippen molar-refractivity contribution in [3.63, 3.8) is 0 Å². The molecule has 0 aliphatic carbocycles. The SMILES string of the molecule is CCNC(=NCc1cccnc1N1CCCC(C(N)=O)C1)NCC(C)c1ccc(C)cc1.I. The molecule has 2 aromatic rings. The maximum absolute atomic E-state index is 11.7. The number of anilines is 1. The van der Waals surface area contributed by atoms with Crippen molar-refractivity contribution in [2.45, 2.75) is 46.1 Å². The van der Waals surface area contributed by atoms with E-state index in [0.717, 1.165) is 49.8 Å². The number of pyridine rings is 1. The Kier molecular flexibility index (Phi) is 10.9. The second-order valence-electron chi connectivity index (χ2n) is 8.56. The minimum atomic E-state index is -0.230. The lowest BCUT2D eigenvalue weighted by molar-refractivity contribution is -0.122. The third-order valence-electron chi connectivity index (χ3n) is 5.96. The lowest BCUT2D eigenvalue weighted by atomic mass is 9.97. The Morgan fingerprint density at radius 2 is 2.03 bits per heavy atom. The summed E-state index contributed by atoms with van der Waals surface area (Å²) >= 11 is 0. The zero-order chi connectivity index (χ0) is 22.9. The van der Waals surface area contributed by atoms with Crippen molar-refractivity contribution >= 4 is 41.7 Å². The van der Waals surface area contributed by atoms with E-state index in [-0.39, 0.29) is 35.8 Å². The fourth-order valence-corrected chi connectivity index (χ4v) is 4.01.